The van der Waals surface area contributed by atoms with Crippen molar-refractivity contribution in [2.24, 2.45) is 10.2 Å². The molecule has 3 aromatic rings. The maximum Gasteiger partial charge on any atom is 0.279 e. The van der Waals surface area contributed by atoms with Crippen molar-refractivity contribution in [1.29, 1.82) is 0 Å². The van der Waals surface area contributed by atoms with Gasteiger partial charge in [0.15, 0.2) is 5.71 Å². The molecule has 0 bridgehead atoms. The van der Waals surface area contributed by atoms with E-state index in [4.69, 9.17) is 0 Å². The predicted molar refractivity (Wildman–Crippen MR) is 124 cm³/mol. The van der Waals surface area contributed by atoms with Crippen molar-refractivity contribution in [2.45, 2.75) is 0 Å². The van der Waals surface area contributed by atoms with Crippen molar-refractivity contribution in [3.8, 4) is 5.75 Å². The van der Waals surface area contributed by atoms with Gasteiger partial charge in [-0.3, -0.25) is 14.5 Å². The van der Waals surface area contributed by atoms with Crippen LogP contribution >= 0.6 is 15.9 Å². The summed E-state index contributed by atoms with van der Waals surface area (Å²) in [5, 5.41) is 20.7. The van der Waals surface area contributed by atoms with E-state index in [1.807, 2.05) is 18.2 Å². The number of halogens is 1. The fourth-order valence-electron chi connectivity index (χ4n) is 3.15. The first-order valence-corrected chi connectivity index (χ1v) is 10.2. The monoisotopic (exact) mass is 476 g/mol. The Morgan fingerprint density at radius 2 is 1.81 bits per heavy atom. The zero-order valence-corrected chi connectivity index (χ0v) is 17.8. The fourth-order valence-corrected chi connectivity index (χ4v) is 3.51. The minimum atomic E-state index is -0.425. The Labute approximate surface area is 186 Å². The number of benzene rings is 3. The standard InChI is InChI=1S/C23H17BrN4O3/c24-16-10-11-19-18(12-16)22(27-25-13-15-6-4-5-9-20(15)29)23(31)28(19)14-21(30)26-17-7-2-1-3-8-17/h1-13,29H,14H2,(H,26,30)/b25-13+,27-22?. The van der Waals surface area contributed by atoms with Crippen LogP contribution in [0.4, 0.5) is 11.4 Å². The summed E-state index contributed by atoms with van der Waals surface area (Å²) in [6, 6.07) is 21.0. The quantitative estimate of drug-likeness (QED) is 0.430. The number of para-hydroxylation sites is 2. The molecule has 0 fully saturated rings. The van der Waals surface area contributed by atoms with Crippen LogP contribution in [0.3, 0.4) is 0 Å². The van der Waals surface area contributed by atoms with Gasteiger partial charge in [0.2, 0.25) is 5.91 Å². The Morgan fingerprint density at radius 1 is 1.06 bits per heavy atom. The summed E-state index contributed by atoms with van der Waals surface area (Å²) >= 11 is 3.41. The van der Waals surface area contributed by atoms with Crippen LogP contribution in [0, 0.1) is 0 Å². The first-order valence-electron chi connectivity index (χ1n) is 9.38. The Kier molecular flexibility index (Phi) is 5.90. The average Bonchev–Trinajstić information content (AvgIpc) is 3.01. The first kappa shape index (κ1) is 20.5. The molecule has 0 spiro atoms. The molecule has 2 amide bonds. The summed E-state index contributed by atoms with van der Waals surface area (Å²) in [7, 11) is 0. The van der Waals surface area contributed by atoms with Crippen LogP contribution in [0.2, 0.25) is 0 Å². The highest BCUT2D eigenvalue weighted by Gasteiger charge is 2.35. The molecular weight excluding hydrogens is 460 g/mol. The predicted octanol–water partition coefficient (Wildman–Crippen LogP) is 3.96. The van der Waals surface area contributed by atoms with Gasteiger partial charge < -0.3 is 10.4 Å². The number of nitrogens with one attached hydrogen (secondary N) is 1. The molecule has 0 aromatic heterocycles. The van der Waals surface area contributed by atoms with Gasteiger partial charge in [-0.05, 0) is 42.5 Å². The van der Waals surface area contributed by atoms with Gasteiger partial charge in [-0.1, -0.05) is 46.3 Å². The van der Waals surface area contributed by atoms with Crippen LogP contribution in [0.5, 0.6) is 5.75 Å². The van der Waals surface area contributed by atoms with Gasteiger partial charge in [-0.25, -0.2) is 0 Å². The van der Waals surface area contributed by atoms with Gasteiger partial charge in [0.1, 0.15) is 12.3 Å². The van der Waals surface area contributed by atoms with Gasteiger partial charge in [0.25, 0.3) is 5.91 Å². The van der Waals surface area contributed by atoms with E-state index in [1.165, 1.54) is 17.2 Å². The molecular formula is C23H17BrN4O3. The van der Waals surface area contributed by atoms with Gasteiger partial charge in [0.05, 0.1) is 11.9 Å². The molecule has 0 saturated heterocycles. The van der Waals surface area contributed by atoms with Crippen LogP contribution in [-0.2, 0) is 9.59 Å². The number of rotatable bonds is 5. The van der Waals surface area contributed by atoms with Crippen LogP contribution < -0.4 is 10.2 Å². The number of amides is 2. The van der Waals surface area contributed by atoms with E-state index < -0.39 is 5.91 Å². The number of carbonyl (C=O) groups excluding carboxylic acids is 2. The van der Waals surface area contributed by atoms with Crippen LogP contribution in [0.1, 0.15) is 11.1 Å². The Balaban J connectivity index is 1.60. The molecule has 1 heterocycles. The average molecular weight is 477 g/mol. The number of nitrogens with zero attached hydrogens (tertiary/aromatic N) is 3. The molecule has 31 heavy (non-hydrogen) atoms. The summed E-state index contributed by atoms with van der Waals surface area (Å²) in [4.78, 5) is 26.9. The largest absolute Gasteiger partial charge is 0.507 e. The highest BCUT2D eigenvalue weighted by Crippen LogP contribution is 2.32. The third-order valence-corrected chi connectivity index (χ3v) is 5.10. The SMILES string of the molecule is O=C(CN1C(=O)C(=N/N=C/c2ccccc2O)c2cc(Br)ccc21)Nc1ccccc1. The number of fused-ring (bicyclic) bond motifs is 1. The summed E-state index contributed by atoms with van der Waals surface area (Å²) in [5.41, 5.74) is 2.40. The Morgan fingerprint density at radius 3 is 2.58 bits per heavy atom. The van der Waals surface area contributed by atoms with E-state index in [1.54, 1.807) is 48.5 Å². The second-order valence-electron chi connectivity index (χ2n) is 6.72. The molecule has 3 aromatic carbocycles. The highest BCUT2D eigenvalue weighted by molar-refractivity contribution is 9.10. The van der Waals surface area contributed by atoms with E-state index in [0.29, 0.717) is 22.5 Å². The molecule has 0 unspecified atom stereocenters. The van der Waals surface area contributed by atoms with Gasteiger partial charge in [0, 0.05) is 21.3 Å². The molecule has 0 radical (unpaired) electrons. The number of aromatic hydroxyl groups is 1. The molecule has 4 rings (SSSR count). The molecule has 1 aliphatic heterocycles. The molecule has 1 aliphatic rings. The fraction of sp³-hybridized carbons (Fsp3) is 0.0435. The van der Waals surface area contributed by atoms with E-state index in [0.717, 1.165) is 4.47 Å². The van der Waals surface area contributed by atoms with Crippen molar-refractivity contribution in [2.75, 3.05) is 16.8 Å². The molecule has 0 saturated carbocycles. The molecule has 7 nitrogen and oxygen atoms in total. The van der Waals surface area contributed by atoms with Crippen LogP contribution in [-0.4, -0.2) is 35.4 Å². The number of anilines is 2. The third-order valence-electron chi connectivity index (χ3n) is 4.60. The maximum absolute atomic E-state index is 13.0. The Hall–Kier alpha value is -3.78. The minimum Gasteiger partial charge on any atom is -0.507 e. The molecule has 0 atom stereocenters. The van der Waals surface area contributed by atoms with E-state index in [2.05, 4.69) is 31.4 Å². The van der Waals surface area contributed by atoms with Gasteiger partial charge in [-0.2, -0.15) is 5.10 Å². The second-order valence-corrected chi connectivity index (χ2v) is 7.63. The second kappa shape index (κ2) is 8.93. The normalized spacial score (nSPS) is 14.3. The lowest BCUT2D eigenvalue weighted by Gasteiger charge is -2.16. The minimum absolute atomic E-state index is 0.0616. The van der Waals surface area contributed by atoms with Crippen molar-refractivity contribution in [3.05, 3.63) is 88.4 Å². The lowest BCUT2D eigenvalue weighted by atomic mass is 10.1. The number of carbonyl (C=O) groups is 2. The lowest BCUT2D eigenvalue weighted by molar-refractivity contribution is -0.118. The zero-order valence-electron chi connectivity index (χ0n) is 16.2. The van der Waals surface area contributed by atoms with Gasteiger partial charge >= 0.3 is 0 Å². The highest BCUT2D eigenvalue weighted by atomic mass is 79.9. The number of phenols is 1. The van der Waals surface area contributed by atoms with Crippen molar-refractivity contribution in [3.63, 3.8) is 0 Å². The first-order chi connectivity index (χ1) is 15.0. The third kappa shape index (κ3) is 4.54. The molecule has 154 valence electrons. The maximum atomic E-state index is 13.0. The summed E-state index contributed by atoms with van der Waals surface area (Å²) in [5.74, 6) is -0.690. The summed E-state index contributed by atoms with van der Waals surface area (Å²) in [6.45, 7) is -0.162. The zero-order chi connectivity index (χ0) is 21.8. The number of phenolic OH excluding ortho intramolecular Hbond substituents is 1. The van der Waals surface area contributed by atoms with E-state index in [9.17, 15) is 14.7 Å². The van der Waals surface area contributed by atoms with Gasteiger partial charge in [-0.15, -0.1) is 5.10 Å². The lowest BCUT2D eigenvalue weighted by Crippen LogP contribution is -2.37. The molecule has 8 heteroatoms. The van der Waals surface area contributed by atoms with Crippen LogP contribution in [0.25, 0.3) is 0 Å². The smallest absolute Gasteiger partial charge is 0.279 e. The number of hydrogen-bond acceptors (Lipinski definition) is 5. The van der Waals surface area contributed by atoms with E-state index >= 15 is 0 Å². The topological polar surface area (TPSA) is 94.4 Å². The summed E-state index contributed by atoms with van der Waals surface area (Å²) < 4.78 is 0.770. The molecule has 0 aliphatic carbocycles. The van der Waals surface area contributed by atoms with Crippen molar-refractivity contribution < 1.29 is 14.7 Å². The summed E-state index contributed by atoms with van der Waals surface area (Å²) in [6.07, 6.45) is 1.37. The number of hydrogen-bond donors (Lipinski definition) is 2. The van der Waals surface area contributed by atoms with Crippen molar-refractivity contribution >= 4 is 51.0 Å². The Bertz CT molecular complexity index is 1210. The van der Waals surface area contributed by atoms with Crippen LogP contribution in [0.15, 0.2) is 87.5 Å². The molecule has 2 N–H and O–H groups in total. The van der Waals surface area contributed by atoms with E-state index in [-0.39, 0.29) is 23.9 Å². The van der Waals surface area contributed by atoms with Crippen molar-refractivity contribution in [1.82, 2.24) is 0 Å².